The normalized spacial score (nSPS) is 12.5. The lowest BCUT2D eigenvalue weighted by atomic mass is 10.2. The Labute approximate surface area is 102 Å². The average molecular weight is 247 g/mol. The number of nitrogens with one attached hydrogen (secondary N) is 1. The summed E-state index contributed by atoms with van der Waals surface area (Å²) in [5, 5.41) is 2.93. The van der Waals surface area contributed by atoms with Gasteiger partial charge in [0.15, 0.2) is 17.3 Å². The second kappa shape index (κ2) is 4.06. The molecule has 1 aliphatic heterocycles. The summed E-state index contributed by atoms with van der Waals surface area (Å²) in [7, 11) is 0. The van der Waals surface area contributed by atoms with Gasteiger partial charge < -0.3 is 20.5 Å². The molecule has 2 heterocycles. The number of rotatable bonds is 2. The van der Waals surface area contributed by atoms with Crippen molar-refractivity contribution < 1.29 is 13.9 Å². The molecule has 0 aliphatic carbocycles. The summed E-state index contributed by atoms with van der Waals surface area (Å²) in [4.78, 5) is 3.69. The van der Waals surface area contributed by atoms with Crippen molar-refractivity contribution in [3.8, 4) is 11.5 Å². The molecule has 0 saturated carbocycles. The van der Waals surface area contributed by atoms with E-state index in [0.29, 0.717) is 22.9 Å². The van der Waals surface area contributed by atoms with Crippen molar-refractivity contribution in [2.75, 3.05) is 17.8 Å². The molecule has 1 aromatic carbocycles. The van der Waals surface area contributed by atoms with Crippen LogP contribution in [0.25, 0.3) is 0 Å². The number of halogens is 1. The highest BCUT2D eigenvalue weighted by molar-refractivity contribution is 5.70. The quantitative estimate of drug-likeness (QED) is 0.797. The third-order valence-electron chi connectivity index (χ3n) is 2.53. The molecule has 3 N–H and O–H groups in total. The highest BCUT2D eigenvalue weighted by Crippen LogP contribution is 2.35. The van der Waals surface area contributed by atoms with E-state index in [1.165, 1.54) is 12.1 Å². The van der Waals surface area contributed by atoms with Crippen LogP contribution in [-0.2, 0) is 0 Å². The SMILES string of the molecule is Nc1ccc(F)nc1Nc1ccc2c(c1)OCO2. The lowest BCUT2D eigenvalue weighted by Gasteiger charge is -2.08. The van der Waals surface area contributed by atoms with Gasteiger partial charge in [0.1, 0.15) is 0 Å². The monoisotopic (exact) mass is 247 g/mol. The van der Waals surface area contributed by atoms with Gasteiger partial charge in [-0.25, -0.2) is 4.98 Å². The Hall–Kier alpha value is -2.50. The third-order valence-corrected chi connectivity index (χ3v) is 2.53. The zero-order chi connectivity index (χ0) is 12.5. The molecule has 5 nitrogen and oxygen atoms in total. The minimum atomic E-state index is -0.590. The first kappa shape index (κ1) is 10.6. The molecule has 1 aromatic heterocycles. The molecule has 0 fully saturated rings. The van der Waals surface area contributed by atoms with E-state index in [2.05, 4.69) is 10.3 Å². The van der Waals surface area contributed by atoms with Crippen molar-refractivity contribution in [3.63, 3.8) is 0 Å². The van der Waals surface area contributed by atoms with E-state index in [1.54, 1.807) is 18.2 Å². The number of nitrogens with two attached hydrogens (primary N) is 1. The molecular weight excluding hydrogens is 237 g/mol. The van der Waals surface area contributed by atoms with Crippen molar-refractivity contribution in [1.29, 1.82) is 0 Å². The van der Waals surface area contributed by atoms with Crippen LogP contribution in [0.2, 0.25) is 0 Å². The van der Waals surface area contributed by atoms with Crippen LogP contribution in [0.3, 0.4) is 0 Å². The molecule has 0 unspecified atom stereocenters. The number of ether oxygens (including phenoxy) is 2. The summed E-state index contributed by atoms with van der Waals surface area (Å²) < 4.78 is 23.5. The van der Waals surface area contributed by atoms with Crippen molar-refractivity contribution in [1.82, 2.24) is 4.98 Å². The van der Waals surface area contributed by atoms with E-state index < -0.39 is 5.95 Å². The Kier molecular flexibility index (Phi) is 2.40. The highest BCUT2D eigenvalue weighted by atomic mass is 19.1. The first-order valence-electron chi connectivity index (χ1n) is 5.31. The molecule has 92 valence electrons. The number of nitrogens with zero attached hydrogens (tertiary/aromatic N) is 1. The van der Waals surface area contributed by atoms with Gasteiger partial charge in [0, 0.05) is 11.8 Å². The Morgan fingerprint density at radius 1 is 1.17 bits per heavy atom. The number of hydrogen-bond donors (Lipinski definition) is 2. The van der Waals surface area contributed by atoms with Crippen LogP contribution in [-0.4, -0.2) is 11.8 Å². The molecule has 0 saturated heterocycles. The highest BCUT2D eigenvalue weighted by Gasteiger charge is 2.13. The summed E-state index contributed by atoms with van der Waals surface area (Å²) in [6, 6.07) is 7.95. The first-order valence-corrected chi connectivity index (χ1v) is 5.31. The van der Waals surface area contributed by atoms with Gasteiger partial charge in [-0.15, -0.1) is 0 Å². The van der Waals surface area contributed by atoms with E-state index in [4.69, 9.17) is 15.2 Å². The van der Waals surface area contributed by atoms with Gasteiger partial charge in [-0.3, -0.25) is 0 Å². The molecule has 0 spiro atoms. The van der Waals surface area contributed by atoms with E-state index in [0.717, 1.165) is 0 Å². The van der Waals surface area contributed by atoms with E-state index in [9.17, 15) is 4.39 Å². The standard InChI is InChI=1S/C12H10FN3O2/c13-11-4-2-8(14)12(16-11)15-7-1-3-9-10(5-7)18-6-17-9/h1-5H,6,14H2,(H,15,16). The van der Waals surface area contributed by atoms with Crippen molar-refractivity contribution in [2.24, 2.45) is 0 Å². The van der Waals surface area contributed by atoms with Crippen molar-refractivity contribution >= 4 is 17.2 Å². The maximum atomic E-state index is 13.0. The molecule has 6 heteroatoms. The molecule has 3 rings (SSSR count). The fraction of sp³-hybridized carbons (Fsp3) is 0.0833. The number of nitrogen functional groups attached to an aromatic ring is 1. The number of aromatic nitrogens is 1. The van der Waals surface area contributed by atoms with Crippen LogP contribution in [0.1, 0.15) is 0 Å². The molecule has 0 bridgehead atoms. The van der Waals surface area contributed by atoms with Gasteiger partial charge in [-0.2, -0.15) is 4.39 Å². The molecule has 0 amide bonds. The van der Waals surface area contributed by atoms with E-state index in [-0.39, 0.29) is 12.6 Å². The maximum Gasteiger partial charge on any atom is 0.231 e. The zero-order valence-corrected chi connectivity index (χ0v) is 9.31. The van der Waals surface area contributed by atoms with E-state index in [1.807, 2.05) is 0 Å². The van der Waals surface area contributed by atoms with Crippen LogP contribution in [0.5, 0.6) is 11.5 Å². The number of fused-ring (bicyclic) bond motifs is 1. The molecular formula is C12H10FN3O2. The fourth-order valence-electron chi connectivity index (χ4n) is 1.66. The predicted molar refractivity (Wildman–Crippen MR) is 64.5 cm³/mol. The van der Waals surface area contributed by atoms with Crippen molar-refractivity contribution in [2.45, 2.75) is 0 Å². The maximum absolute atomic E-state index is 13.0. The lowest BCUT2D eigenvalue weighted by Crippen LogP contribution is -2.00. The van der Waals surface area contributed by atoms with Crippen LogP contribution in [0.15, 0.2) is 30.3 Å². The molecule has 0 atom stereocenters. The molecule has 1 aliphatic rings. The van der Waals surface area contributed by atoms with Crippen LogP contribution in [0.4, 0.5) is 21.6 Å². The summed E-state index contributed by atoms with van der Waals surface area (Å²) in [6.45, 7) is 0.207. The van der Waals surface area contributed by atoms with Gasteiger partial charge in [-0.05, 0) is 24.3 Å². The van der Waals surface area contributed by atoms with Gasteiger partial charge in [0.2, 0.25) is 12.7 Å². The summed E-state index contributed by atoms with van der Waals surface area (Å²) >= 11 is 0. The summed E-state index contributed by atoms with van der Waals surface area (Å²) in [5.74, 6) is 0.997. The van der Waals surface area contributed by atoms with Gasteiger partial charge in [0.25, 0.3) is 0 Å². The Balaban J connectivity index is 1.90. The average Bonchev–Trinajstić information content (AvgIpc) is 2.81. The van der Waals surface area contributed by atoms with Crippen LogP contribution in [0, 0.1) is 5.95 Å². The van der Waals surface area contributed by atoms with Gasteiger partial charge in [0.05, 0.1) is 5.69 Å². The lowest BCUT2D eigenvalue weighted by molar-refractivity contribution is 0.174. The van der Waals surface area contributed by atoms with Gasteiger partial charge >= 0.3 is 0 Å². The zero-order valence-electron chi connectivity index (χ0n) is 9.31. The molecule has 2 aromatic rings. The first-order chi connectivity index (χ1) is 8.72. The molecule has 18 heavy (non-hydrogen) atoms. The Morgan fingerprint density at radius 3 is 2.89 bits per heavy atom. The summed E-state index contributed by atoms with van der Waals surface area (Å²) in [6.07, 6.45) is 0. The Morgan fingerprint density at radius 2 is 2.00 bits per heavy atom. The fourth-order valence-corrected chi connectivity index (χ4v) is 1.66. The number of anilines is 3. The second-order valence-electron chi connectivity index (χ2n) is 3.76. The largest absolute Gasteiger partial charge is 0.454 e. The van der Waals surface area contributed by atoms with E-state index >= 15 is 0 Å². The number of hydrogen-bond acceptors (Lipinski definition) is 5. The predicted octanol–water partition coefficient (Wildman–Crippen LogP) is 2.28. The second-order valence-corrected chi connectivity index (χ2v) is 3.76. The third kappa shape index (κ3) is 1.88. The minimum Gasteiger partial charge on any atom is -0.454 e. The van der Waals surface area contributed by atoms with Crippen LogP contribution < -0.4 is 20.5 Å². The minimum absolute atomic E-state index is 0.207. The Bertz CT molecular complexity index is 604. The van der Waals surface area contributed by atoms with Gasteiger partial charge in [-0.1, -0.05) is 0 Å². The number of pyridine rings is 1. The topological polar surface area (TPSA) is 69.4 Å². The van der Waals surface area contributed by atoms with Crippen LogP contribution >= 0.6 is 0 Å². The summed E-state index contributed by atoms with van der Waals surface area (Å²) in [5.41, 5.74) is 6.77. The number of benzene rings is 1. The smallest absolute Gasteiger partial charge is 0.231 e. The van der Waals surface area contributed by atoms with Crippen molar-refractivity contribution in [3.05, 3.63) is 36.3 Å². The molecule has 0 radical (unpaired) electrons.